The number of rotatable bonds is 11. The standard InChI is InChI=1S/C29H34NO6P/c1-2-3-5-10-23(31)14-18-26-28(30(29(26)33)22-8-6-4-7-9-22)25-17-13-21(19-27(25)32)20-11-15-24(16-12-20)37(34,35)36/h4,6-9,11-13,15-17,19,23,26,28,31-32H,2-3,5,10,14,18H2,1H3,(H2,34,35,36)/t23-,26-,28-/m1/s1. The Balaban J connectivity index is 1.58. The van der Waals surface area contributed by atoms with Crippen LogP contribution < -0.4 is 10.2 Å². The van der Waals surface area contributed by atoms with Crippen molar-refractivity contribution in [2.75, 3.05) is 4.90 Å². The largest absolute Gasteiger partial charge is 0.508 e. The number of amides is 1. The van der Waals surface area contributed by atoms with Gasteiger partial charge in [0, 0.05) is 11.3 Å². The van der Waals surface area contributed by atoms with Crippen LogP contribution >= 0.6 is 7.60 Å². The predicted octanol–water partition coefficient (Wildman–Crippen LogP) is 5.29. The first-order chi connectivity index (χ1) is 17.7. The quantitative estimate of drug-likeness (QED) is 0.154. The number of aliphatic hydroxyl groups excluding tert-OH is 1. The third-order valence-electron chi connectivity index (χ3n) is 7.09. The molecule has 0 aliphatic carbocycles. The Morgan fingerprint density at radius 3 is 2.22 bits per heavy atom. The van der Waals surface area contributed by atoms with E-state index >= 15 is 0 Å². The Kier molecular flexibility index (Phi) is 8.50. The molecule has 0 radical (unpaired) electrons. The predicted molar refractivity (Wildman–Crippen MR) is 145 cm³/mol. The fourth-order valence-corrected chi connectivity index (χ4v) is 5.57. The summed E-state index contributed by atoms with van der Waals surface area (Å²) in [5, 5.41) is 21.4. The van der Waals surface area contributed by atoms with Crippen molar-refractivity contribution in [3.05, 3.63) is 78.4 Å². The van der Waals surface area contributed by atoms with Crippen LogP contribution in [0.25, 0.3) is 11.1 Å². The summed E-state index contributed by atoms with van der Waals surface area (Å²) in [5.74, 6) is -0.322. The van der Waals surface area contributed by atoms with E-state index in [-0.39, 0.29) is 28.9 Å². The van der Waals surface area contributed by atoms with Crippen molar-refractivity contribution in [2.45, 2.75) is 57.6 Å². The monoisotopic (exact) mass is 523 g/mol. The van der Waals surface area contributed by atoms with Crippen molar-refractivity contribution >= 4 is 24.5 Å². The molecule has 0 spiro atoms. The van der Waals surface area contributed by atoms with E-state index in [1.165, 1.54) is 12.1 Å². The number of nitrogens with zero attached hydrogens (tertiary/aromatic N) is 1. The maximum atomic E-state index is 13.2. The zero-order chi connectivity index (χ0) is 26.6. The van der Waals surface area contributed by atoms with E-state index in [1.807, 2.05) is 36.4 Å². The summed E-state index contributed by atoms with van der Waals surface area (Å²) in [4.78, 5) is 33.6. The summed E-state index contributed by atoms with van der Waals surface area (Å²) in [6.07, 6.45) is 4.47. The maximum absolute atomic E-state index is 13.2. The van der Waals surface area contributed by atoms with Crippen molar-refractivity contribution in [3.8, 4) is 16.9 Å². The third-order valence-corrected chi connectivity index (χ3v) is 8.06. The normalized spacial score (nSPS) is 18.5. The molecular weight excluding hydrogens is 489 g/mol. The van der Waals surface area contributed by atoms with Gasteiger partial charge < -0.3 is 24.9 Å². The number of carbonyl (C=O) groups excluding carboxylic acids is 1. The Morgan fingerprint density at radius 2 is 1.59 bits per heavy atom. The van der Waals surface area contributed by atoms with Crippen LogP contribution in [0.5, 0.6) is 5.75 Å². The number of hydrogen-bond acceptors (Lipinski definition) is 4. The van der Waals surface area contributed by atoms with Crippen LogP contribution in [0.4, 0.5) is 5.69 Å². The summed E-state index contributed by atoms with van der Waals surface area (Å²) in [6, 6.07) is 20.2. The van der Waals surface area contributed by atoms with Gasteiger partial charge in [-0.05, 0) is 60.7 Å². The second-order valence-corrected chi connectivity index (χ2v) is 11.3. The van der Waals surface area contributed by atoms with Gasteiger partial charge in [0.2, 0.25) is 5.91 Å². The van der Waals surface area contributed by atoms with Gasteiger partial charge >= 0.3 is 7.60 Å². The number of unbranched alkanes of at least 4 members (excludes halogenated alkanes) is 2. The highest BCUT2D eigenvalue weighted by atomic mass is 31.2. The van der Waals surface area contributed by atoms with E-state index in [2.05, 4.69) is 6.92 Å². The second kappa shape index (κ2) is 11.6. The van der Waals surface area contributed by atoms with E-state index in [0.717, 1.165) is 31.4 Å². The Morgan fingerprint density at radius 1 is 0.919 bits per heavy atom. The molecule has 0 bridgehead atoms. The van der Waals surface area contributed by atoms with Crippen molar-refractivity contribution in [1.29, 1.82) is 0 Å². The number of aliphatic hydroxyl groups is 1. The molecule has 8 heteroatoms. The van der Waals surface area contributed by atoms with E-state index in [0.29, 0.717) is 29.5 Å². The first-order valence-electron chi connectivity index (χ1n) is 12.8. The molecule has 4 N–H and O–H groups in total. The van der Waals surface area contributed by atoms with Crippen LogP contribution in [-0.4, -0.2) is 32.0 Å². The molecular formula is C29H34NO6P. The molecule has 1 aliphatic rings. The van der Waals surface area contributed by atoms with Gasteiger partial charge in [-0.2, -0.15) is 0 Å². The Labute approximate surface area is 217 Å². The molecule has 37 heavy (non-hydrogen) atoms. The maximum Gasteiger partial charge on any atom is 0.356 e. The molecule has 1 amide bonds. The highest BCUT2D eigenvalue weighted by Gasteiger charge is 2.49. The van der Waals surface area contributed by atoms with Crippen LogP contribution in [0.2, 0.25) is 0 Å². The molecule has 1 saturated heterocycles. The van der Waals surface area contributed by atoms with Gasteiger partial charge in [0.25, 0.3) is 0 Å². The molecule has 3 atom stereocenters. The lowest BCUT2D eigenvalue weighted by atomic mass is 9.77. The summed E-state index contributed by atoms with van der Waals surface area (Å²) in [7, 11) is -4.33. The van der Waals surface area contributed by atoms with Crippen molar-refractivity contribution < 1.29 is 29.4 Å². The number of anilines is 1. The molecule has 1 heterocycles. The van der Waals surface area contributed by atoms with Crippen molar-refractivity contribution in [2.24, 2.45) is 5.92 Å². The van der Waals surface area contributed by atoms with Crippen LogP contribution in [0.1, 0.15) is 57.1 Å². The van der Waals surface area contributed by atoms with E-state index in [1.54, 1.807) is 29.2 Å². The van der Waals surface area contributed by atoms with Crippen LogP contribution in [0.3, 0.4) is 0 Å². The zero-order valence-corrected chi connectivity index (χ0v) is 21.8. The topological polar surface area (TPSA) is 118 Å². The molecule has 3 aromatic rings. The van der Waals surface area contributed by atoms with Gasteiger partial charge in [0.15, 0.2) is 0 Å². The average molecular weight is 524 g/mol. The van der Waals surface area contributed by atoms with Gasteiger partial charge in [-0.15, -0.1) is 0 Å². The fraction of sp³-hybridized carbons (Fsp3) is 0.345. The van der Waals surface area contributed by atoms with Crippen LogP contribution in [-0.2, 0) is 9.36 Å². The molecule has 0 saturated carbocycles. The fourth-order valence-electron chi connectivity index (χ4n) is 5.03. The van der Waals surface area contributed by atoms with Gasteiger partial charge in [-0.25, -0.2) is 0 Å². The second-order valence-electron chi connectivity index (χ2n) is 9.69. The van der Waals surface area contributed by atoms with E-state index in [9.17, 15) is 29.4 Å². The lowest BCUT2D eigenvalue weighted by Crippen LogP contribution is -2.55. The van der Waals surface area contributed by atoms with Gasteiger partial charge in [0.1, 0.15) is 5.75 Å². The molecule has 196 valence electrons. The molecule has 4 rings (SSSR count). The zero-order valence-electron chi connectivity index (χ0n) is 20.9. The minimum atomic E-state index is -4.33. The van der Waals surface area contributed by atoms with Gasteiger partial charge in [0.05, 0.1) is 23.4 Å². The number of phenolic OH excluding ortho intramolecular Hbond substituents is 1. The number of para-hydroxylation sites is 1. The summed E-state index contributed by atoms with van der Waals surface area (Å²) < 4.78 is 11.5. The summed E-state index contributed by atoms with van der Waals surface area (Å²) >= 11 is 0. The number of benzene rings is 3. The van der Waals surface area contributed by atoms with Crippen molar-refractivity contribution in [3.63, 3.8) is 0 Å². The molecule has 0 aromatic heterocycles. The third kappa shape index (κ3) is 6.13. The molecule has 1 fully saturated rings. The number of carbonyl (C=O) groups is 1. The SMILES string of the molecule is CCCCC[C@@H](O)CC[C@H]1C(=O)N(c2ccccc2)[C@@H]1c1ccc(-c2ccc(P(=O)(O)O)cc2)cc1O. The molecule has 3 aromatic carbocycles. The van der Waals surface area contributed by atoms with Gasteiger partial charge in [-0.3, -0.25) is 9.36 Å². The first-order valence-corrected chi connectivity index (χ1v) is 14.4. The summed E-state index contributed by atoms with van der Waals surface area (Å²) in [5.41, 5.74) is 2.78. The van der Waals surface area contributed by atoms with Crippen LogP contribution in [0.15, 0.2) is 72.8 Å². The number of aromatic hydroxyl groups is 1. The Bertz CT molecular complexity index is 1260. The molecule has 0 unspecified atom stereocenters. The summed E-state index contributed by atoms with van der Waals surface area (Å²) in [6.45, 7) is 2.12. The van der Waals surface area contributed by atoms with Gasteiger partial charge in [-0.1, -0.05) is 68.7 Å². The van der Waals surface area contributed by atoms with E-state index in [4.69, 9.17) is 0 Å². The highest BCUT2D eigenvalue weighted by Crippen LogP contribution is 2.48. The van der Waals surface area contributed by atoms with Crippen LogP contribution in [0, 0.1) is 5.92 Å². The number of phenols is 1. The molecule has 1 aliphatic heterocycles. The minimum absolute atomic E-state index is 0.0199. The smallest absolute Gasteiger partial charge is 0.356 e. The lowest BCUT2D eigenvalue weighted by Gasteiger charge is -2.48. The number of hydrogen-bond donors (Lipinski definition) is 4. The molecule has 7 nitrogen and oxygen atoms in total. The lowest BCUT2D eigenvalue weighted by molar-refractivity contribution is -0.131. The minimum Gasteiger partial charge on any atom is -0.508 e. The first kappa shape index (κ1) is 27.1. The average Bonchev–Trinajstić information content (AvgIpc) is 2.88. The number of β-lactam (4-membered cyclic amide) rings is 1. The Hall–Kier alpha value is -2.96. The highest BCUT2D eigenvalue weighted by molar-refractivity contribution is 7.60. The van der Waals surface area contributed by atoms with E-state index < -0.39 is 13.7 Å². The van der Waals surface area contributed by atoms with Crippen molar-refractivity contribution in [1.82, 2.24) is 0 Å².